The lowest BCUT2D eigenvalue weighted by Gasteiger charge is -2.25. The van der Waals surface area contributed by atoms with Gasteiger partial charge in [-0.3, -0.25) is 4.79 Å². The van der Waals surface area contributed by atoms with E-state index in [0.29, 0.717) is 5.92 Å². The second-order valence-electron chi connectivity index (χ2n) is 5.09. The lowest BCUT2D eigenvalue weighted by molar-refractivity contribution is -0.139. The van der Waals surface area contributed by atoms with Gasteiger partial charge in [0.1, 0.15) is 0 Å². The molecule has 1 aromatic carbocycles. The molecule has 98 valence electrons. The minimum Gasteiger partial charge on any atom is -0.481 e. The molecule has 1 aromatic rings. The minimum absolute atomic E-state index is 0.381. The maximum atomic E-state index is 11.4. The van der Waals surface area contributed by atoms with E-state index in [0.717, 1.165) is 43.6 Å². The Balaban J connectivity index is 2.07. The van der Waals surface area contributed by atoms with Crippen molar-refractivity contribution in [2.24, 2.45) is 5.92 Å². The van der Waals surface area contributed by atoms with Crippen LogP contribution in [-0.4, -0.2) is 24.3 Å². The maximum absolute atomic E-state index is 11.4. The van der Waals surface area contributed by atoms with E-state index in [1.165, 1.54) is 0 Å². The fraction of sp³-hybridized carbons (Fsp3) is 0.533. The largest absolute Gasteiger partial charge is 0.481 e. The molecule has 2 rings (SSSR count). The topological polar surface area (TPSA) is 46.5 Å². The smallest absolute Gasteiger partial charge is 0.310 e. The van der Waals surface area contributed by atoms with Crippen LogP contribution in [0.4, 0.5) is 0 Å². The Kier molecular flexibility index (Phi) is 4.37. The molecule has 1 unspecified atom stereocenters. The number of hydrogen-bond donors (Lipinski definition) is 1. The summed E-state index contributed by atoms with van der Waals surface area (Å²) in [5.41, 5.74) is 2.08. The normalized spacial score (nSPS) is 18.5. The SMILES string of the molecule is Cc1ccc(C(CC2CCOCC2)C(=O)O)cc1. The van der Waals surface area contributed by atoms with Crippen LogP contribution in [0.5, 0.6) is 0 Å². The number of rotatable bonds is 4. The zero-order chi connectivity index (χ0) is 13.0. The first kappa shape index (κ1) is 13.1. The van der Waals surface area contributed by atoms with Gasteiger partial charge in [0.15, 0.2) is 0 Å². The average Bonchev–Trinajstić information content (AvgIpc) is 2.38. The summed E-state index contributed by atoms with van der Waals surface area (Å²) in [6, 6.07) is 7.84. The quantitative estimate of drug-likeness (QED) is 0.891. The molecule has 1 fully saturated rings. The van der Waals surface area contributed by atoms with E-state index in [9.17, 15) is 9.90 Å². The van der Waals surface area contributed by atoms with Gasteiger partial charge in [0.2, 0.25) is 0 Å². The van der Waals surface area contributed by atoms with E-state index in [4.69, 9.17) is 4.74 Å². The van der Waals surface area contributed by atoms with E-state index in [1.807, 2.05) is 31.2 Å². The van der Waals surface area contributed by atoms with Gasteiger partial charge < -0.3 is 9.84 Å². The van der Waals surface area contributed by atoms with Crippen LogP contribution in [0.1, 0.15) is 36.3 Å². The van der Waals surface area contributed by atoms with Gasteiger partial charge in [0, 0.05) is 13.2 Å². The monoisotopic (exact) mass is 248 g/mol. The summed E-state index contributed by atoms with van der Waals surface area (Å²) in [5.74, 6) is -0.625. The zero-order valence-electron chi connectivity index (χ0n) is 10.8. The van der Waals surface area contributed by atoms with E-state index < -0.39 is 5.97 Å². The van der Waals surface area contributed by atoms with Crippen LogP contribution in [0.15, 0.2) is 24.3 Å². The Bertz CT molecular complexity index is 391. The highest BCUT2D eigenvalue weighted by molar-refractivity contribution is 5.76. The molecule has 0 aromatic heterocycles. The molecule has 18 heavy (non-hydrogen) atoms. The molecule has 0 spiro atoms. The summed E-state index contributed by atoms with van der Waals surface area (Å²) in [6.07, 6.45) is 2.69. The predicted molar refractivity (Wildman–Crippen MR) is 69.7 cm³/mol. The molecule has 3 heteroatoms. The van der Waals surface area contributed by atoms with Crippen molar-refractivity contribution in [3.8, 4) is 0 Å². The molecular weight excluding hydrogens is 228 g/mol. The summed E-state index contributed by atoms with van der Waals surface area (Å²) < 4.78 is 5.32. The van der Waals surface area contributed by atoms with E-state index in [1.54, 1.807) is 0 Å². The van der Waals surface area contributed by atoms with Gasteiger partial charge in [-0.05, 0) is 37.7 Å². The van der Waals surface area contributed by atoms with Crippen LogP contribution in [0.3, 0.4) is 0 Å². The summed E-state index contributed by atoms with van der Waals surface area (Å²) in [5, 5.41) is 9.40. The zero-order valence-corrected chi connectivity index (χ0v) is 10.8. The van der Waals surface area contributed by atoms with Crippen LogP contribution in [0, 0.1) is 12.8 Å². The first-order chi connectivity index (χ1) is 8.66. The molecule has 0 radical (unpaired) electrons. The number of hydrogen-bond acceptors (Lipinski definition) is 2. The number of benzene rings is 1. The third-order valence-corrected chi connectivity index (χ3v) is 3.69. The average molecular weight is 248 g/mol. The molecule has 0 bridgehead atoms. The van der Waals surface area contributed by atoms with E-state index in [-0.39, 0.29) is 5.92 Å². The minimum atomic E-state index is -0.717. The third-order valence-electron chi connectivity index (χ3n) is 3.69. The summed E-state index contributed by atoms with van der Waals surface area (Å²) in [4.78, 5) is 11.4. The van der Waals surface area contributed by atoms with Crippen molar-refractivity contribution in [3.63, 3.8) is 0 Å². The Morgan fingerprint density at radius 3 is 2.50 bits per heavy atom. The fourth-order valence-electron chi connectivity index (χ4n) is 2.49. The highest BCUT2D eigenvalue weighted by Crippen LogP contribution is 2.29. The van der Waals surface area contributed by atoms with Gasteiger partial charge in [0.05, 0.1) is 5.92 Å². The highest BCUT2D eigenvalue weighted by atomic mass is 16.5. The second-order valence-corrected chi connectivity index (χ2v) is 5.09. The van der Waals surface area contributed by atoms with Gasteiger partial charge in [-0.25, -0.2) is 0 Å². The molecular formula is C15H20O3. The van der Waals surface area contributed by atoms with E-state index >= 15 is 0 Å². The van der Waals surface area contributed by atoms with Crippen molar-refractivity contribution in [1.82, 2.24) is 0 Å². The lowest BCUT2D eigenvalue weighted by atomic mass is 9.85. The number of ether oxygens (including phenoxy) is 1. The van der Waals surface area contributed by atoms with Gasteiger partial charge in [-0.2, -0.15) is 0 Å². The first-order valence-corrected chi connectivity index (χ1v) is 6.54. The standard InChI is InChI=1S/C15H20O3/c1-11-2-4-13(5-3-11)14(15(16)17)10-12-6-8-18-9-7-12/h2-5,12,14H,6-10H2,1H3,(H,16,17). The van der Waals surface area contributed by atoms with Crippen molar-refractivity contribution in [1.29, 1.82) is 0 Å². The van der Waals surface area contributed by atoms with Crippen molar-refractivity contribution in [2.75, 3.05) is 13.2 Å². The highest BCUT2D eigenvalue weighted by Gasteiger charge is 2.25. The Labute approximate surface area is 108 Å². The molecule has 0 amide bonds. The van der Waals surface area contributed by atoms with Crippen LogP contribution >= 0.6 is 0 Å². The molecule has 3 nitrogen and oxygen atoms in total. The Hall–Kier alpha value is -1.35. The van der Waals surface area contributed by atoms with Crippen molar-refractivity contribution in [3.05, 3.63) is 35.4 Å². The second kappa shape index (κ2) is 6.01. The van der Waals surface area contributed by atoms with Gasteiger partial charge in [0.25, 0.3) is 0 Å². The molecule has 0 saturated carbocycles. The fourth-order valence-corrected chi connectivity index (χ4v) is 2.49. The predicted octanol–water partition coefficient (Wildman–Crippen LogP) is 2.98. The van der Waals surface area contributed by atoms with Crippen molar-refractivity contribution in [2.45, 2.75) is 32.1 Å². The van der Waals surface area contributed by atoms with Crippen LogP contribution in [0.2, 0.25) is 0 Å². The molecule has 1 N–H and O–H groups in total. The summed E-state index contributed by atoms with van der Waals surface area (Å²) in [6.45, 7) is 3.55. The molecule has 1 aliphatic rings. The maximum Gasteiger partial charge on any atom is 0.310 e. The van der Waals surface area contributed by atoms with Crippen LogP contribution in [-0.2, 0) is 9.53 Å². The van der Waals surface area contributed by atoms with Crippen LogP contribution < -0.4 is 0 Å². The molecule has 1 aliphatic heterocycles. The van der Waals surface area contributed by atoms with E-state index in [2.05, 4.69) is 0 Å². The first-order valence-electron chi connectivity index (χ1n) is 6.54. The molecule has 1 heterocycles. The summed E-state index contributed by atoms with van der Waals surface area (Å²) in [7, 11) is 0. The number of aliphatic carboxylic acids is 1. The molecule has 0 aliphatic carbocycles. The summed E-state index contributed by atoms with van der Waals surface area (Å²) >= 11 is 0. The van der Waals surface area contributed by atoms with Gasteiger partial charge in [-0.15, -0.1) is 0 Å². The van der Waals surface area contributed by atoms with Crippen LogP contribution in [0.25, 0.3) is 0 Å². The number of aryl methyl sites for hydroxylation is 1. The Morgan fingerprint density at radius 1 is 1.33 bits per heavy atom. The van der Waals surface area contributed by atoms with Gasteiger partial charge >= 0.3 is 5.97 Å². The van der Waals surface area contributed by atoms with Crippen molar-refractivity contribution < 1.29 is 14.6 Å². The third kappa shape index (κ3) is 3.33. The molecule has 1 atom stereocenters. The molecule has 1 saturated heterocycles. The number of carboxylic acid groups (broad SMARTS) is 1. The number of carboxylic acids is 1. The number of carbonyl (C=O) groups is 1. The Morgan fingerprint density at radius 2 is 1.94 bits per heavy atom. The lowest BCUT2D eigenvalue weighted by Crippen LogP contribution is -2.21. The van der Waals surface area contributed by atoms with Gasteiger partial charge in [-0.1, -0.05) is 29.8 Å². The van der Waals surface area contributed by atoms with Crippen molar-refractivity contribution >= 4 is 5.97 Å².